The van der Waals surface area contributed by atoms with Gasteiger partial charge in [0, 0.05) is 25.1 Å². The molecule has 1 fully saturated rings. The minimum atomic E-state index is -0.897. The first-order valence-corrected chi connectivity index (χ1v) is 7.79. The molecule has 1 saturated heterocycles. The van der Waals surface area contributed by atoms with Crippen molar-refractivity contribution in [2.75, 3.05) is 19.6 Å². The summed E-state index contributed by atoms with van der Waals surface area (Å²) in [5, 5.41) is 8.71. The number of hydrogen-bond donors (Lipinski definition) is 3. The third-order valence-electron chi connectivity index (χ3n) is 3.75. The average molecular weight is 362 g/mol. The van der Waals surface area contributed by atoms with E-state index in [9.17, 15) is 18.4 Å². The van der Waals surface area contributed by atoms with E-state index in [0.29, 0.717) is 18.9 Å². The third kappa shape index (κ3) is 6.41. The number of amides is 2. The van der Waals surface area contributed by atoms with Crippen LogP contribution in [0.4, 0.5) is 8.78 Å². The first-order valence-electron chi connectivity index (χ1n) is 7.79. The Bertz CT molecular complexity index is 566. The molecule has 2 amide bonds. The standard InChI is InChI=1S/C16H21F2N3O2.ClH/c17-11-3-4-13(14(18)10-11)16(23)20-7-1-2-15(22)21-12-5-8-19-9-6-12;/h3-4,10,12,19H,1-2,5-9H2,(H,20,23)(H,21,22);1H. The molecular formula is C16H22ClF2N3O2. The van der Waals surface area contributed by atoms with Gasteiger partial charge in [-0.25, -0.2) is 8.78 Å². The molecule has 2 rings (SSSR count). The molecule has 24 heavy (non-hydrogen) atoms. The van der Waals surface area contributed by atoms with E-state index >= 15 is 0 Å². The van der Waals surface area contributed by atoms with Crippen LogP contribution >= 0.6 is 12.4 Å². The van der Waals surface area contributed by atoms with Gasteiger partial charge in [-0.3, -0.25) is 9.59 Å². The van der Waals surface area contributed by atoms with E-state index < -0.39 is 17.5 Å². The summed E-state index contributed by atoms with van der Waals surface area (Å²) in [6, 6.07) is 3.02. The molecule has 0 unspecified atom stereocenters. The lowest BCUT2D eigenvalue weighted by molar-refractivity contribution is -0.122. The zero-order valence-electron chi connectivity index (χ0n) is 13.2. The van der Waals surface area contributed by atoms with Gasteiger partial charge in [0.15, 0.2) is 0 Å². The Morgan fingerprint density at radius 3 is 2.58 bits per heavy atom. The number of halogens is 3. The quantitative estimate of drug-likeness (QED) is 0.676. The highest BCUT2D eigenvalue weighted by molar-refractivity contribution is 5.94. The number of benzene rings is 1. The van der Waals surface area contributed by atoms with Gasteiger partial charge in [0.1, 0.15) is 11.6 Å². The van der Waals surface area contributed by atoms with Crippen molar-refractivity contribution < 1.29 is 18.4 Å². The van der Waals surface area contributed by atoms with Crippen LogP contribution in [0.1, 0.15) is 36.0 Å². The Morgan fingerprint density at radius 2 is 1.92 bits per heavy atom. The fourth-order valence-corrected chi connectivity index (χ4v) is 2.49. The molecule has 0 aliphatic carbocycles. The second kappa shape index (κ2) is 10.2. The minimum Gasteiger partial charge on any atom is -0.353 e. The highest BCUT2D eigenvalue weighted by Crippen LogP contribution is 2.09. The lowest BCUT2D eigenvalue weighted by Gasteiger charge is -2.23. The Morgan fingerprint density at radius 1 is 1.21 bits per heavy atom. The average Bonchev–Trinajstić information content (AvgIpc) is 2.52. The summed E-state index contributed by atoms with van der Waals surface area (Å²) >= 11 is 0. The SMILES string of the molecule is Cl.O=C(CCCNC(=O)c1ccc(F)cc1F)NC1CCNCC1. The third-order valence-corrected chi connectivity index (χ3v) is 3.75. The van der Waals surface area contributed by atoms with Crippen molar-refractivity contribution in [2.45, 2.75) is 31.7 Å². The Balaban J connectivity index is 0.00000288. The Hall–Kier alpha value is -1.73. The second-order valence-corrected chi connectivity index (χ2v) is 5.58. The van der Waals surface area contributed by atoms with Crippen molar-refractivity contribution in [1.29, 1.82) is 0 Å². The molecule has 1 aliphatic heterocycles. The maximum Gasteiger partial charge on any atom is 0.254 e. The fourth-order valence-electron chi connectivity index (χ4n) is 2.49. The highest BCUT2D eigenvalue weighted by Gasteiger charge is 2.15. The zero-order chi connectivity index (χ0) is 16.7. The van der Waals surface area contributed by atoms with Gasteiger partial charge in [-0.15, -0.1) is 12.4 Å². The van der Waals surface area contributed by atoms with Gasteiger partial charge in [-0.1, -0.05) is 0 Å². The molecule has 134 valence electrons. The van der Waals surface area contributed by atoms with Gasteiger partial charge in [-0.05, 0) is 44.5 Å². The Labute approximate surface area is 146 Å². The maximum atomic E-state index is 13.4. The number of carbonyl (C=O) groups is 2. The first-order chi connectivity index (χ1) is 11.1. The normalized spacial score (nSPS) is 14.6. The van der Waals surface area contributed by atoms with Crippen molar-refractivity contribution in [3.8, 4) is 0 Å². The van der Waals surface area contributed by atoms with E-state index in [4.69, 9.17) is 0 Å². The molecule has 5 nitrogen and oxygen atoms in total. The predicted octanol–water partition coefficient (Wildman–Crippen LogP) is 1.76. The monoisotopic (exact) mass is 361 g/mol. The summed E-state index contributed by atoms with van der Waals surface area (Å²) in [4.78, 5) is 23.5. The van der Waals surface area contributed by atoms with E-state index in [1.54, 1.807) is 0 Å². The summed E-state index contributed by atoms with van der Waals surface area (Å²) in [5.41, 5.74) is -0.203. The van der Waals surface area contributed by atoms with Crippen molar-refractivity contribution in [2.24, 2.45) is 0 Å². The second-order valence-electron chi connectivity index (χ2n) is 5.58. The predicted molar refractivity (Wildman–Crippen MR) is 89.2 cm³/mol. The number of piperidine rings is 1. The van der Waals surface area contributed by atoms with E-state index in [0.717, 1.165) is 38.1 Å². The molecule has 0 bridgehead atoms. The number of carbonyl (C=O) groups excluding carboxylic acids is 2. The summed E-state index contributed by atoms with van der Waals surface area (Å²) in [6.45, 7) is 2.07. The maximum absolute atomic E-state index is 13.4. The number of rotatable bonds is 6. The molecule has 0 spiro atoms. The summed E-state index contributed by atoms with van der Waals surface area (Å²) in [5.74, 6) is -2.28. The molecular weight excluding hydrogens is 340 g/mol. The first kappa shape index (κ1) is 20.3. The van der Waals surface area contributed by atoms with Gasteiger partial charge in [0.2, 0.25) is 5.91 Å². The molecule has 0 saturated carbocycles. The van der Waals surface area contributed by atoms with Crippen LogP contribution in [0, 0.1) is 11.6 Å². The molecule has 0 aromatic heterocycles. The molecule has 8 heteroatoms. The van der Waals surface area contributed by atoms with Crippen LogP contribution in [-0.2, 0) is 4.79 Å². The van der Waals surface area contributed by atoms with E-state index in [-0.39, 0.29) is 36.5 Å². The lowest BCUT2D eigenvalue weighted by Crippen LogP contribution is -2.42. The molecule has 1 aromatic rings. The molecule has 1 heterocycles. The van der Waals surface area contributed by atoms with Gasteiger partial charge in [-0.2, -0.15) is 0 Å². The van der Waals surface area contributed by atoms with Gasteiger partial charge in [0.05, 0.1) is 5.56 Å². The summed E-state index contributed by atoms with van der Waals surface area (Å²) < 4.78 is 26.2. The van der Waals surface area contributed by atoms with E-state index in [1.165, 1.54) is 0 Å². The van der Waals surface area contributed by atoms with Gasteiger partial charge >= 0.3 is 0 Å². The Kier molecular flexibility index (Phi) is 8.63. The largest absolute Gasteiger partial charge is 0.353 e. The topological polar surface area (TPSA) is 70.2 Å². The van der Waals surface area contributed by atoms with E-state index in [2.05, 4.69) is 16.0 Å². The lowest BCUT2D eigenvalue weighted by atomic mass is 10.1. The van der Waals surface area contributed by atoms with Crippen molar-refractivity contribution in [1.82, 2.24) is 16.0 Å². The zero-order valence-corrected chi connectivity index (χ0v) is 14.1. The molecule has 0 radical (unpaired) electrons. The molecule has 0 atom stereocenters. The van der Waals surface area contributed by atoms with Crippen LogP contribution in [0.5, 0.6) is 0 Å². The molecule has 1 aliphatic rings. The molecule has 3 N–H and O–H groups in total. The van der Waals surface area contributed by atoms with E-state index in [1.807, 2.05) is 0 Å². The van der Waals surface area contributed by atoms with Gasteiger partial charge in [0.25, 0.3) is 5.91 Å². The van der Waals surface area contributed by atoms with Crippen LogP contribution in [0.25, 0.3) is 0 Å². The number of nitrogens with one attached hydrogen (secondary N) is 3. The van der Waals surface area contributed by atoms with Crippen LogP contribution in [-0.4, -0.2) is 37.5 Å². The minimum absolute atomic E-state index is 0. The van der Waals surface area contributed by atoms with Crippen molar-refractivity contribution in [3.63, 3.8) is 0 Å². The van der Waals surface area contributed by atoms with Crippen LogP contribution in [0.2, 0.25) is 0 Å². The van der Waals surface area contributed by atoms with Gasteiger partial charge < -0.3 is 16.0 Å². The highest BCUT2D eigenvalue weighted by atomic mass is 35.5. The van der Waals surface area contributed by atoms with Crippen molar-refractivity contribution in [3.05, 3.63) is 35.4 Å². The smallest absolute Gasteiger partial charge is 0.254 e. The molecule has 1 aromatic carbocycles. The summed E-state index contributed by atoms with van der Waals surface area (Å²) in [7, 11) is 0. The number of hydrogen-bond acceptors (Lipinski definition) is 3. The van der Waals surface area contributed by atoms with Crippen LogP contribution in [0.15, 0.2) is 18.2 Å². The fraction of sp³-hybridized carbons (Fsp3) is 0.500. The van der Waals surface area contributed by atoms with Crippen molar-refractivity contribution >= 4 is 24.2 Å². The van der Waals surface area contributed by atoms with Crippen LogP contribution < -0.4 is 16.0 Å². The van der Waals surface area contributed by atoms with Crippen LogP contribution in [0.3, 0.4) is 0 Å². The summed E-state index contributed by atoms with van der Waals surface area (Å²) in [6.07, 6.45) is 2.61.